The van der Waals surface area contributed by atoms with E-state index in [4.69, 9.17) is 10.8 Å². The van der Waals surface area contributed by atoms with Crippen molar-refractivity contribution in [3.8, 4) is 22.3 Å². The van der Waals surface area contributed by atoms with Crippen LogP contribution in [0.4, 0.5) is 0 Å². The number of rotatable bonds is 14. The first-order valence-corrected chi connectivity index (χ1v) is 12.5. The molecule has 5 N–H and O–H groups in total. The van der Waals surface area contributed by atoms with Crippen LogP contribution in [0.25, 0.3) is 22.3 Å². The van der Waals surface area contributed by atoms with Crippen molar-refractivity contribution in [2.24, 2.45) is 11.7 Å². The van der Waals surface area contributed by atoms with Crippen LogP contribution in [-0.4, -0.2) is 46.4 Å². The second-order valence-corrected chi connectivity index (χ2v) is 9.15. The molecule has 3 aromatic rings. The number of nitrogens with two attached hydrogens (primary N) is 1. The largest absolute Gasteiger partial charge is 0.481 e. The minimum atomic E-state index is -1.18. The summed E-state index contributed by atoms with van der Waals surface area (Å²) in [6, 6.07) is 25.1. The van der Waals surface area contributed by atoms with E-state index in [1.54, 1.807) is 0 Å². The molecular formula is C30H32N2O6. The summed E-state index contributed by atoms with van der Waals surface area (Å²) < 4.78 is 0. The molecule has 0 saturated carbocycles. The van der Waals surface area contributed by atoms with Gasteiger partial charge in [-0.25, -0.2) is 0 Å². The second kappa shape index (κ2) is 13.9. The van der Waals surface area contributed by atoms with Gasteiger partial charge in [-0.15, -0.1) is 0 Å². The maximum Gasteiger partial charge on any atom is 0.303 e. The number of benzene rings is 3. The molecule has 0 bridgehead atoms. The van der Waals surface area contributed by atoms with Crippen molar-refractivity contribution in [3.05, 3.63) is 84.4 Å². The number of aliphatic hydroxyl groups excluding tert-OH is 1. The lowest BCUT2D eigenvalue weighted by atomic mass is 9.93. The quantitative estimate of drug-likeness (QED) is 0.258. The van der Waals surface area contributed by atoms with Crippen LogP contribution in [0.1, 0.15) is 31.2 Å². The second-order valence-electron chi connectivity index (χ2n) is 9.15. The maximum atomic E-state index is 12.5. The van der Waals surface area contributed by atoms with E-state index in [9.17, 15) is 24.3 Å². The van der Waals surface area contributed by atoms with Crippen molar-refractivity contribution in [1.82, 2.24) is 5.32 Å². The Kier molecular flexibility index (Phi) is 10.3. The molecule has 0 heterocycles. The van der Waals surface area contributed by atoms with Gasteiger partial charge in [-0.1, -0.05) is 78.9 Å². The van der Waals surface area contributed by atoms with E-state index < -0.39 is 42.1 Å². The van der Waals surface area contributed by atoms with Crippen LogP contribution in [-0.2, 0) is 25.6 Å². The lowest BCUT2D eigenvalue weighted by Gasteiger charge is -2.18. The Morgan fingerprint density at radius 1 is 0.763 bits per heavy atom. The number of Topliss-reactive ketones (excluding diaryl/α,β-unsaturated/α-hetero) is 1. The predicted octanol–water partition coefficient (Wildman–Crippen LogP) is 3.36. The Morgan fingerprint density at radius 2 is 1.29 bits per heavy atom. The average Bonchev–Trinajstić information content (AvgIpc) is 2.93. The van der Waals surface area contributed by atoms with Gasteiger partial charge in [0.15, 0.2) is 5.78 Å². The molecule has 0 aliphatic rings. The van der Waals surface area contributed by atoms with E-state index in [1.807, 2.05) is 42.5 Å². The molecule has 0 aliphatic carbocycles. The van der Waals surface area contributed by atoms with E-state index in [1.165, 1.54) is 0 Å². The predicted molar refractivity (Wildman–Crippen MR) is 144 cm³/mol. The SMILES string of the molecule is NC(=O)[C@H](CCC(=O)O)CC(=O)[C@H](CO)NC(=O)CCc1ccc(-c2ccc(-c3ccccc3)cc2)cc1. The smallest absolute Gasteiger partial charge is 0.303 e. The standard InChI is InChI=1S/C30H32N2O6/c31-30(38)25(15-17-29(36)37)18-27(34)26(19-33)32-28(35)16-8-20-6-9-22(10-7-20)24-13-11-23(12-14-24)21-4-2-1-3-5-21/h1-7,9-14,25-26,33H,8,15-19H2,(H2,31,38)(H,32,35)(H,36,37)/t25-,26+/m1/s1. The molecule has 3 rings (SSSR count). The van der Waals surface area contributed by atoms with E-state index >= 15 is 0 Å². The number of aliphatic carboxylic acids is 1. The summed E-state index contributed by atoms with van der Waals surface area (Å²) in [5.41, 5.74) is 10.6. The van der Waals surface area contributed by atoms with E-state index in [-0.39, 0.29) is 25.7 Å². The highest BCUT2D eigenvalue weighted by molar-refractivity contribution is 5.92. The van der Waals surface area contributed by atoms with Gasteiger partial charge in [-0.2, -0.15) is 0 Å². The third kappa shape index (κ3) is 8.38. The fraction of sp³-hybridized carbons (Fsp3) is 0.267. The van der Waals surface area contributed by atoms with Gasteiger partial charge >= 0.3 is 5.97 Å². The van der Waals surface area contributed by atoms with Crippen LogP contribution in [0.3, 0.4) is 0 Å². The van der Waals surface area contributed by atoms with E-state index in [2.05, 4.69) is 41.7 Å². The van der Waals surface area contributed by atoms with Gasteiger partial charge in [0.25, 0.3) is 0 Å². The molecule has 0 unspecified atom stereocenters. The third-order valence-corrected chi connectivity index (χ3v) is 6.38. The molecule has 8 heteroatoms. The van der Waals surface area contributed by atoms with Gasteiger partial charge < -0.3 is 21.3 Å². The molecular weight excluding hydrogens is 484 g/mol. The lowest BCUT2D eigenvalue weighted by Crippen LogP contribution is -2.44. The van der Waals surface area contributed by atoms with Crippen molar-refractivity contribution in [1.29, 1.82) is 0 Å². The molecule has 3 aromatic carbocycles. The minimum Gasteiger partial charge on any atom is -0.481 e. The van der Waals surface area contributed by atoms with Gasteiger partial charge in [-0.3, -0.25) is 19.2 Å². The highest BCUT2D eigenvalue weighted by Crippen LogP contribution is 2.25. The zero-order valence-corrected chi connectivity index (χ0v) is 21.0. The Bertz CT molecular complexity index is 1240. The summed E-state index contributed by atoms with van der Waals surface area (Å²) in [6.45, 7) is -0.632. The number of ketones is 1. The Balaban J connectivity index is 1.51. The molecule has 2 amide bonds. The molecule has 0 radical (unpaired) electrons. The van der Waals surface area contributed by atoms with Crippen molar-refractivity contribution in [2.75, 3.05) is 6.61 Å². The van der Waals surface area contributed by atoms with Crippen LogP contribution in [0, 0.1) is 5.92 Å². The number of hydrogen-bond acceptors (Lipinski definition) is 5. The van der Waals surface area contributed by atoms with E-state index in [0.717, 1.165) is 27.8 Å². The molecule has 2 atom stereocenters. The average molecular weight is 517 g/mol. The minimum absolute atomic E-state index is 0.0876. The van der Waals surface area contributed by atoms with Gasteiger partial charge in [0.2, 0.25) is 11.8 Å². The van der Waals surface area contributed by atoms with Crippen LogP contribution in [0.2, 0.25) is 0 Å². The first kappa shape index (κ1) is 28.3. The Morgan fingerprint density at radius 3 is 1.79 bits per heavy atom. The highest BCUT2D eigenvalue weighted by Gasteiger charge is 2.26. The van der Waals surface area contributed by atoms with Gasteiger partial charge in [0, 0.05) is 25.2 Å². The molecule has 0 aliphatic heterocycles. The number of primary amides is 1. The lowest BCUT2D eigenvalue weighted by molar-refractivity contribution is -0.138. The fourth-order valence-electron chi connectivity index (χ4n) is 4.13. The summed E-state index contributed by atoms with van der Waals surface area (Å²) in [6.07, 6.45) is -0.201. The van der Waals surface area contributed by atoms with Crippen molar-refractivity contribution in [2.45, 2.75) is 38.1 Å². The number of carbonyl (C=O) groups is 4. The number of carboxylic acid groups (broad SMARTS) is 1. The molecule has 0 fully saturated rings. The third-order valence-electron chi connectivity index (χ3n) is 6.38. The number of carbonyl (C=O) groups excluding carboxylic acids is 3. The number of nitrogens with one attached hydrogen (secondary N) is 1. The van der Waals surface area contributed by atoms with E-state index in [0.29, 0.717) is 6.42 Å². The van der Waals surface area contributed by atoms with Gasteiger partial charge in [-0.05, 0) is 40.7 Å². The zero-order valence-electron chi connectivity index (χ0n) is 21.0. The summed E-state index contributed by atoms with van der Waals surface area (Å²) in [5.74, 6) is -3.86. The zero-order chi connectivity index (χ0) is 27.5. The Labute approximate surface area is 221 Å². The monoisotopic (exact) mass is 516 g/mol. The normalized spacial score (nSPS) is 12.3. The Hall–Kier alpha value is -4.30. The van der Waals surface area contributed by atoms with Crippen LogP contribution in [0.5, 0.6) is 0 Å². The van der Waals surface area contributed by atoms with Crippen molar-refractivity contribution < 1.29 is 29.4 Å². The molecule has 198 valence electrons. The van der Waals surface area contributed by atoms with Gasteiger partial charge in [0.05, 0.1) is 6.61 Å². The number of aryl methyl sites for hydroxylation is 1. The fourth-order valence-corrected chi connectivity index (χ4v) is 4.13. The number of hydrogen-bond donors (Lipinski definition) is 4. The summed E-state index contributed by atoms with van der Waals surface area (Å²) in [4.78, 5) is 47.2. The molecule has 0 saturated heterocycles. The summed E-state index contributed by atoms with van der Waals surface area (Å²) >= 11 is 0. The van der Waals surface area contributed by atoms with Crippen LogP contribution < -0.4 is 11.1 Å². The van der Waals surface area contributed by atoms with Crippen LogP contribution in [0.15, 0.2) is 78.9 Å². The summed E-state index contributed by atoms with van der Waals surface area (Å²) in [7, 11) is 0. The summed E-state index contributed by atoms with van der Waals surface area (Å²) in [5, 5.41) is 20.9. The molecule has 0 aromatic heterocycles. The molecule has 38 heavy (non-hydrogen) atoms. The topological polar surface area (TPSA) is 147 Å². The van der Waals surface area contributed by atoms with Gasteiger partial charge in [0.1, 0.15) is 6.04 Å². The first-order chi connectivity index (χ1) is 18.3. The first-order valence-electron chi connectivity index (χ1n) is 12.5. The van der Waals surface area contributed by atoms with Crippen molar-refractivity contribution >= 4 is 23.6 Å². The molecule has 0 spiro atoms. The highest BCUT2D eigenvalue weighted by atomic mass is 16.4. The molecule has 8 nitrogen and oxygen atoms in total. The number of aliphatic hydroxyl groups is 1. The number of amides is 2. The van der Waals surface area contributed by atoms with Crippen LogP contribution >= 0.6 is 0 Å². The van der Waals surface area contributed by atoms with Crippen molar-refractivity contribution in [3.63, 3.8) is 0 Å². The number of carboxylic acids is 1. The maximum absolute atomic E-state index is 12.5.